The zero-order valence-corrected chi connectivity index (χ0v) is 23.7. The summed E-state index contributed by atoms with van der Waals surface area (Å²) in [6, 6.07) is 31.6. The van der Waals surface area contributed by atoms with E-state index in [4.69, 9.17) is 5.73 Å². The van der Waals surface area contributed by atoms with Crippen molar-refractivity contribution < 1.29 is 0 Å². The molecule has 2 nitrogen and oxygen atoms in total. The lowest BCUT2D eigenvalue weighted by Crippen LogP contribution is -2.26. The molecular formula is C37H42N2. The number of hydrogen-bond acceptors (Lipinski definition) is 1. The van der Waals surface area contributed by atoms with Gasteiger partial charge in [-0.05, 0) is 71.5 Å². The van der Waals surface area contributed by atoms with E-state index >= 15 is 0 Å². The van der Waals surface area contributed by atoms with Crippen LogP contribution in [0.5, 0.6) is 0 Å². The molecule has 0 spiro atoms. The summed E-state index contributed by atoms with van der Waals surface area (Å²) >= 11 is 0. The summed E-state index contributed by atoms with van der Waals surface area (Å²) in [4.78, 5) is 0. The van der Waals surface area contributed by atoms with Crippen molar-refractivity contribution in [2.24, 2.45) is 0 Å². The van der Waals surface area contributed by atoms with Crippen LogP contribution in [0.1, 0.15) is 89.2 Å². The fourth-order valence-corrected chi connectivity index (χ4v) is 7.21. The first kappa shape index (κ1) is 25.7. The van der Waals surface area contributed by atoms with Gasteiger partial charge >= 0.3 is 0 Å². The minimum Gasteiger partial charge on any atom is -0.399 e. The maximum Gasteiger partial charge on any atom is 0.0541 e. The number of unbranched alkanes of at least 4 members (excludes halogenated alkanes) is 6. The number of para-hydroxylation sites is 2. The standard InChI is InChI=1S/C37H42N2/c1-3-5-7-13-23-37(24-14-8-6-4-2)33-25-27(38)19-21-29(33)30-22-20-28(26-34(30)37)39-35-17-11-9-15-31(35)32-16-10-12-18-36(32)39/h9-12,15-22,25-26H,3-8,13-14,23-24,38H2,1-2H3. The van der Waals surface area contributed by atoms with Crippen molar-refractivity contribution >= 4 is 27.5 Å². The quantitative estimate of drug-likeness (QED) is 0.138. The van der Waals surface area contributed by atoms with Crippen molar-refractivity contribution in [3.8, 4) is 16.8 Å². The molecule has 0 unspecified atom stereocenters. The molecule has 0 amide bonds. The number of benzene rings is 4. The van der Waals surface area contributed by atoms with Crippen molar-refractivity contribution in [1.82, 2.24) is 4.57 Å². The summed E-state index contributed by atoms with van der Waals surface area (Å²) in [6.07, 6.45) is 12.7. The van der Waals surface area contributed by atoms with Gasteiger partial charge in [-0.3, -0.25) is 0 Å². The van der Waals surface area contributed by atoms with E-state index in [1.807, 2.05) is 0 Å². The van der Waals surface area contributed by atoms with Crippen LogP contribution in [0.2, 0.25) is 0 Å². The molecule has 0 saturated heterocycles. The van der Waals surface area contributed by atoms with Gasteiger partial charge in [-0.25, -0.2) is 0 Å². The predicted octanol–water partition coefficient (Wildman–Crippen LogP) is 10.6. The van der Waals surface area contributed by atoms with Crippen LogP contribution in [0.3, 0.4) is 0 Å². The number of aromatic nitrogens is 1. The average Bonchev–Trinajstić information content (AvgIpc) is 3.43. The Morgan fingerprint density at radius 2 is 1.13 bits per heavy atom. The number of nitrogens with zero attached hydrogens (tertiary/aromatic N) is 1. The number of nitrogen functional groups attached to an aromatic ring is 1. The fourth-order valence-electron chi connectivity index (χ4n) is 7.21. The summed E-state index contributed by atoms with van der Waals surface area (Å²) in [5.74, 6) is 0. The van der Waals surface area contributed by atoms with E-state index < -0.39 is 0 Å². The second-order valence-electron chi connectivity index (χ2n) is 11.6. The minimum absolute atomic E-state index is 0.0241. The summed E-state index contributed by atoms with van der Waals surface area (Å²) < 4.78 is 2.47. The molecule has 1 aliphatic rings. The molecule has 0 bridgehead atoms. The highest BCUT2D eigenvalue weighted by Gasteiger charge is 2.42. The number of nitrogens with two attached hydrogens (primary N) is 1. The first-order valence-corrected chi connectivity index (χ1v) is 15.2. The van der Waals surface area contributed by atoms with Gasteiger partial charge in [0.1, 0.15) is 0 Å². The molecule has 0 aliphatic heterocycles. The lowest BCUT2D eigenvalue weighted by atomic mass is 9.70. The van der Waals surface area contributed by atoms with Crippen LogP contribution in [0.25, 0.3) is 38.6 Å². The minimum atomic E-state index is 0.0241. The van der Waals surface area contributed by atoms with E-state index in [0.717, 1.165) is 5.69 Å². The van der Waals surface area contributed by atoms with Crippen LogP contribution in [0.15, 0.2) is 84.9 Å². The van der Waals surface area contributed by atoms with E-state index in [9.17, 15) is 0 Å². The molecule has 1 aromatic heterocycles. The van der Waals surface area contributed by atoms with Gasteiger partial charge in [0.25, 0.3) is 0 Å². The van der Waals surface area contributed by atoms with E-state index in [1.165, 1.54) is 114 Å². The molecule has 0 saturated carbocycles. The van der Waals surface area contributed by atoms with E-state index in [-0.39, 0.29) is 5.41 Å². The second-order valence-corrected chi connectivity index (χ2v) is 11.6. The van der Waals surface area contributed by atoms with Gasteiger partial charge in [0.05, 0.1) is 11.0 Å². The van der Waals surface area contributed by atoms with Gasteiger partial charge in [0.2, 0.25) is 0 Å². The molecule has 2 heteroatoms. The Bertz CT molecular complexity index is 1540. The molecular weight excluding hydrogens is 472 g/mol. The lowest BCUT2D eigenvalue weighted by Gasteiger charge is -2.33. The third-order valence-corrected chi connectivity index (χ3v) is 9.12. The molecule has 0 fully saturated rings. The smallest absolute Gasteiger partial charge is 0.0541 e. The van der Waals surface area contributed by atoms with Crippen molar-refractivity contribution in [2.75, 3.05) is 5.73 Å². The van der Waals surface area contributed by atoms with Gasteiger partial charge in [-0.2, -0.15) is 0 Å². The summed E-state index contributed by atoms with van der Waals surface area (Å²) in [5, 5.41) is 2.63. The Balaban J connectivity index is 1.54. The van der Waals surface area contributed by atoms with Crippen LogP contribution in [0.4, 0.5) is 5.69 Å². The third kappa shape index (κ3) is 4.44. The molecule has 5 aromatic rings. The van der Waals surface area contributed by atoms with Crippen molar-refractivity contribution in [3.63, 3.8) is 0 Å². The normalized spacial score (nSPS) is 13.7. The van der Waals surface area contributed by atoms with Crippen LogP contribution in [-0.4, -0.2) is 4.57 Å². The maximum absolute atomic E-state index is 6.47. The predicted molar refractivity (Wildman–Crippen MR) is 169 cm³/mol. The first-order chi connectivity index (χ1) is 19.2. The van der Waals surface area contributed by atoms with Gasteiger partial charge in [-0.1, -0.05) is 114 Å². The summed E-state index contributed by atoms with van der Waals surface area (Å²) in [7, 11) is 0. The first-order valence-electron chi connectivity index (χ1n) is 15.2. The zero-order chi connectivity index (χ0) is 26.8. The van der Waals surface area contributed by atoms with Crippen LogP contribution in [0, 0.1) is 0 Å². The van der Waals surface area contributed by atoms with Crippen molar-refractivity contribution in [2.45, 2.75) is 83.5 Å². The maximum atomic E-state index is 6.47. The SMILES string of the molecule is CCCCCCC1(CCCCCC)c2cc(N)ccc2-c2ccc(-n3c4ccccc4c4ccccc43)cc21. The molecule has 39 heavy (non-hydrogen) atoms. The number of fused-ring (bicyclic) bond motifs is 6. The van der Waals surface area contributed by atoms with Gasteiger partial charge in [0, 0.05) is 27.6 Å². The lowest BCUT2D eigenvalue weighted by molar-refractivity contribution is 0.401. The van der Waals surface area contributed by atoms with Gasteiger partial charge < -0.3 is 10.3 Å². The van der Waals surface area contributed by atoms with Gasteiger partial charge in [-0.15, -0.1) is 0 Å². The van der Waals surface area contributed by atoms with Crippen molar-refractivity contribution in [1.29, 1.82) is 0 Å². The Morgan fingerprint density at radius 1 is 0.590 bits per heavy atom. The molecule has 200 valence electrons. The Morgan fingerprint density at radius 3 is 1.72 bits per heavy atom. The highest BCUT2D eigenvalue weighted by Crippen LogP contribution is 2.55. The van der Waals surface area contributed by atoms with E-state index in [2.05, 4.69) is 103 Å². The highest BCUT2D eigenvalue weighted by atomic mass is 15.0. The van der Waals surface area contributed by atoms with Crippen LogP contribution >= 0.6 is 0 Å². The van der Waals surface area contributed by atoms with E-state index in [1.54, 1.807) is 0 Å². The second kappa shape index (κ2) is 10.9. The Labute approximate surface area is 233 Å². The molecule has 0 radical (unpaired) electrons. The highest BCUT2D eigenvalue weighted by molar-refractivity contribution is 6.09. The molecule has 1 aliphatic carbocycles. The Kier molecular flexibility index (Phi) is 7.21. The number of anilines is 1. The zero-order valence-electron chi connectivity index (χ0n) is 23.7. The number of hydrogen-bond donors (Lipinski definition) is 1. The summed E-state index contributed by atoms with van der Waals surface area (Å²) in [5.41, 5.74) is 16.9. The van der Waals surface area contributed by atoms with E-state index in [0.29, 0.717) is 0 Å². The van der Waals surface area contributed by atoms with Gasteiger partial charge in [0.15, 0.2) is 0 Å². The van der Waals surface area contributed by atoms with Crippen LogP contribution in [-0.2, 0) is 5.41 Å². The average molecular weight is 515 g/mol. The van der Waals surface area contributed by atoms with Crippen LogP contribution < -0.4 is 5.73 Å². The monoisotopic (exact) mass is 514 g/mol. The molecule has 1 heterocycles. The summed E-state index contributed by atoms with van der Waals surface area (Å²) in [6.45, 7) is 4.61. The molecule has 2 N–H and O–H groups in total. The molecule has 4 aromatic carbocycles. The molecule has 6 rings (SSSR count). The fraction of sp³-hybridized carbons (Fsp3) is 0.351. The van der Waals surface area contributed by atoms with Crippen molar-refractivity contribution in [3.05, 3.63) is 96.1 Å². The number of rotatable bonds is 11. The third-order valence-electron chi connectivity index (χ3n) is 9.12. The Hall–Kier alpha value is -3.52. The topological polar surface area (TPSA) is 30.9 Å². The largest absolute Gasteiger partial charge is 0.399 e. The molecule has 0 atom stereocenters.